The van der Waals surface area contributed by atoms with Gasteiger partial charge < -0.3 is 14.4 Å². The summed E-state index contributed by atoms with van der Waals surface area (Å²) >= 11 is 0. The van der Waals surface area contributed by atoms with E-state index in [0.717, 1.165) is 0 Å². The Kier molecular flexibility index (Phi) is 5.19. The van der Waals surface area contributed by atoms with Crippen molar-refractivity contribution in [3.8, 4) is 0 Å². The van der Waals surface area contributed by atoms with Crippen LogP contribution in [0.3, 0.4) is 0 Å². The van der Waals surface area contributed by atoms with E-state index in [1.54, 1.807) is 17.0 Å². The lowest BCUT2D eigenvalue weighted by Crippen LogP contribution is -2.44. The van der Waals surface area contributed by atoms with Crippen LogP contribution in [0.15, 0.2) is 29.2 Å². The number of amides is 1. The van der Waals surface area contributed by atoms with Crippen molar-refractivity contribution < 1.29 is 22.7 Å². The second kappa shape index (κ2) is 7.18. The number of ether oxygens (including phenoxy) is 2. The van der Waals surface area contributed by atoms with Crippen molar-refractivity contribution in [2.24, 2.45) is 0 Å². The third-order valence-electron chi connectivity index (χ3n) is 4.22. The molecular formula is C16H22N2O5S. The van der Waals surface area contributed by atoms with Crippen molar-refractivity contribution in [1.82, 2.24) is 9.21 Å². The smallest absolute Gasteiger partial charge is 0.254 e. The highest BCUT2D eigenvalue weighted by molar-refractivity contribution is 7.89. The lowest BCUT2D eigenvalue weighted by molar-refractivity contribution is 0.0102. The molecule has 2 aliphatic rings. The highest BCUT2D eigenvalue weighted by Gasteiger charge is 2.30. The molecule has 1 unspecified atom stereocenters. The van der Waals surface area contributed by atoms with Crippen molar-refractivity contribution in [3.05, 3.63) is 29.8 Å². The summed E-state index contributed by atoms with van der Waals surface area (Å²) < 4.78 is 37.7. The largest absolute Gasteiger partial charge is 0.378 e. The standard InChI is InChI=1S/C16H22N2O5S/c1-13-12-18(7-10-23-13)24(20,21)15-4-2-3-14(11-15)16(19)17-5-8-22-9-6-17/h2-4,11,13H,5-10,12H2,1H3. The lowest BCUT2D eigenvalue weighted by atomic mass is 10.2. The Morgan fingerprint density at radius 2 is 1.92 bits per heavy atom. The molecule has 0 spiro atoms. The topological polar surface area (TPSA) is 76.2 Å². The fourth-order valence-electron chi connectivity index (χ4n) is 2.89. The van der Waals surface area contributed by atoms with Crippen molar-refractivity contribution in [1.29, 1.82) is 0 Å². The Morgan fingerprint density at radius 3 is 2.62 bits per heavy atom. The van der Waals surface area contributed by atoms with E-state index < -0.39 is 10.0 Å². The van der Waals surface area contributed by atoms with Crippen LogP contribution >= 0.6 is 0 Å². The van der Waals surface area contributed by atoms with Gasteiger partial charge in [0.15, 0.2) is 0 Å². The van der Waals surface area contributed by atoms with E-state index >= 15 is 0 Å². The Hall–Kier alpha value is -1.48. The summed E-state index contributed by atoms with van der Waals surface area (Å²) in [5.41, 5.74) is 0.388. The number of sulfonamides is 1. The van der Waals surface area contributed by atoms with E-state index in [-0.39, 0.29) is 16.9 Å². The van der Waals surface area contributed by atoms with Crippen LogP contribution in [0.4, 0.5) is 0 Å². The van der Waals surface area contributed by atoms with E-state index in [0.29, 0.717) is 51.6 Å². The molecule has 0 aliphatic carbocycles. The zero-order chi connectivity index (χ0) is 17.2. The Bertz CT molecular complexity index is 700. The highest BCUT2D eigenvalue weighted by atomic mass is 32.2. The summed E-state index contributed by atoms with van der Waals surface area (Å²) in [6, 6.07) is 6.27. The number of hydrogen-bond acceptors (Lipinski definition) is 5. The molecule has 0 radical (unpaired) electrons. The van der Waals surface area contributed by atoms with Gasteiger partial charge in [-0.2, -0.15) is 4.31 Å². The van der Waals surface area contributed by atoms with Gasteiger partial charge in [-0.3, -0.25) is 4.79 Å². The first-order valence-electron chi connectivity index (χ1n) is 8.07. The van der Waals surface area contributed by atoms with Crippen molar-refractivity contribution >= 4 is 15.9 Å². The minimum atomic E-state index is -3.62. The van der Waals surface area contributed by atoms with Crippen LogP contribution in [0.5, 0.6) is 0 Å². The van der Waals surface area contributed by atoms with Gasteiger partial charge in [0.25, 0.3) is 5.91 Å². The van der Waals surface area contributed by atoms with Crippen LogP contribution < -0.4 is 0 Å². The molecule has 1 aromatic carbocycles. The van der Waals surface area contributed by atoms with Crippen LogP contribution in [-0.4, -0.2) is 75.6 Å². The maximum absolute atomic E-state index is 12.8. The van der Waals surface area contributed by atoms with Gasteiger partial charge in [-0.1, -0.05) is 6.07 Å². The first-order chi connectivity index (χ1) is 11.5. The van der Waals surface area contributed by atoms with Crippen LogP contribution in [0.25, 0.3) is 0 Å². The number of carbonyl (C=O) groups is 1. The SMILES string of the molecule is CC1CN(S(=O)(=O)c2cccc(C(=O)N3CCOCC3)c2)CCO1. The second-order valence-corrected chi connectivity index (χ2v) is 7.91. The molecule has 1 amide bonds. The highest BCUT2D eigenvalue weighted by Crippen LogP contribution is 2.20. The van der Waals surface area contributed by atoms with Gasteiger partial charge in [0, 0.05) is 31.7 Å². The van der Waals surface area contributed by atoms with Crippen molar-refractivity contribution in [2.45, 2.75) is 17.9 Å². The minimum Gasteiger partial charge on any atom is -0.378 e. The molecule has 1 aromatic rings. The molecule has 8 heteroatoms. The first-order valence-corrected chi connectivity index (χ1v) is 9.51. The molecule has 2 heterocycles. The molecule has 3 rings (SSSR count). The average Bonchev–Trinajstić information content (AvgIpc) is 2.62. The van der Waals surface area contributed by atoms with E-state index in [1.807, 2.05) is 6.92 Å². The zero-order valence-corrected chi connectivity index (χ0v) is 14.5. The molecule has 2 aliphatic heterocycles. The normalized spacial score (nSPS) is 23.2. The van der Waals surface area contributed by atoms with Crippen LogP contribution in [0, 0.1) is 0 Å². The van der Waals surface area contributed by atoms with E-state index in [4.69, 9.17) is 9.47 Å². The van der Waals surface area contributed by atoms with Crippen LogP contribution in [0.2, 0.25) is 0 Å². The predicted octanol–water partition coefficient (Wildman–Crippen LogP) is 0.568. The molecular weight excluding hydrogens is 332 g/mol. The average molecular weight is 354 g/mol. The fourth-order valence-corrected chi connectivity index (χ4v) is 4.44. The minimum absolute atomic E-state index is 0.133. The van der Waals surface area contributed by atoms with Gasteiger partial charge in [0.1, 0.15) is 0 Å². The summed E-state index contributed by atoms with van der Waals surface area (Å²) in [5, 5.41) is 0. The van der Waals surface area contributed by atoms with E-state index in [2.05, 4.69) is 0 Å². The summed E-state index contributed by atoms with van der Waals surface area (Å²) in [4.78, 5) is 14.4. The third kappa shape index (κ3) is 3.61. The van der Waals surface area contributed by atoms with Crippen LogP contribution in [-0.2, 0) is 19.5 Å². The molecule has 0 bridgehead atoms. The van der Waals surface area contributed by atoms with Gasteiger partial charge in [0.05, 0.1) is 30.8 Å². The fraction of sp³-hybridized carbons (Fsp3) is 0.562. The third-order valence-corrected chi connectivity index (χ3v) is 6.08. The zero-order valence-electron chi connectivity index (χ0n) is 13.7. The van der Waals surface area contributed by atoms with Gasteiger partial charge in [-0.25, -0.2) is 8.42 Å². The first kappa shape index (κ1) is 17.3. The molecule has 2 fully saturated rings. The maximum atomic E-state index is 12.8. The number of rotatable bonds is 3. The summed E-state index contributed by atoms with van der Waals surface area (Å²) in [7, 11) is -3.62. The van der Waals surface area contributed by atoms with E-state index in [9.17, 15) is 13.2 Å². The molecule has 0 N–H and O–H groups in total. The second-order valence-electron chi connectivity index (χ2n) is 5.98. The molecule has 7 nitrogen and oxygen atoms in total. The molecule has 24 heavy (non-hydrogen) atoms. The number of carbonyl (C=O) groups excluding carboxylic acids is 1. The number of nitrogens with zero attached hydrogens (tertiary/aromatic N) is 2. The Morgan fingerprint density at radius 1 is 1.17 bits per heavy atom. The summed E-state index contributed by atoms with van der Waals surface area (Å²) in [5.74, 6) is -0.161. The van der Waals surface area contributed by atoms with Gasteiger partial charge in [-0.15, -0.1) is 0 Å². The molecule has 132 valence electrons. The quantitative estimate of drug-likeness (QED) is 0.793. The monoisotopic (exact) mass is 354 g/mol. The summed E-state index contributed by atoms with van der Waals surface area (Å²) in [6.07, 6.45) is -0.133. The predicted molar refractivity (Wildman–Crippen MR) is 87.3 cm³/mol. The molecule has 1 atom stereocenters. The Labute approximate surface area is 142 Å². The van der Waals surface area contributed by atoms with Gasteiger partial charge in [0.2, 0.25) is 10.0 Å². The van der Waals surface area contributed by atoms with Gasteiger partial charge in [-0.05, 0) is 25.1 Å². The van der Waals surface area contributed by atoms with E-state index in [1.165, 1.54) is 16.4 Å². The number of morpholine rings is 2. The van der Waals surface area contributed by atoms with Crippen molar-refractivity contribution in [3.63, 3.8) is 0 Å². The molecule has 2 saturated heterocycles. The number of benzene rings is 1. The van der Waals surface area contributed by atoms with Gasteiger partial charge >= 0.3 is 0 Å². The Balaban J connectivity index is 1.82. The van der Waals surface area contributed by atoms with Crippen molar-refractivity contribution in [2.75, 3.05) is 46.0 Å². The van der Waals surface area contributed by atoms with Crippen LogP contribution in [0.1, 0.15) is 17.3 Å². The lowest BCUT2D eigenvalue weighted by Gasteiger charge is -2.30. The maximum Gasteiger partial charge on any atom is 0.254 e. The number of hydrogen-bond donors (Lipinski definition) is 0. The molecule has 0 aromatic heterocycles. The molecule has 0 saturated carbocycles. The summed E-state index contributed by atoms with van der Waals surface area (Å²) in [6.45, 7) is 4.95.